The fourth-order valence-corrected chi connectivity index (χ4v) is 2.80. The molecule has 0 saturated carbocycles. The van der Waals surface area contributed by atoms with Crippen molar-refractivity contribution in [3.8, 4) is 5.75 Å². The molecule has 1 N–H and O–H groups in total. The molecule has 0 spiro atoms. The van der Waals surface area contributed by atoms with Crippen LogP contribution in [-0.2, 0) is 6.42 Å². The van der Waals surface area contributed by atoms with Crippen LogP contribution < -0.4 is 4.74 Å². The lowest BCUT2D eigenvalue weighted by molar-refractivity contribution is -0.274. The van der Waals surface area contributed by atoms with E-state index in [9.17, 15) is 18.3 Å². The molecule has 2 rings (SSSR count). The number of ether oxygens (including phenoxy) is 1. The van der Waals surface area contributed by atoms with Crippen LogP contribution in [0.25, 0.3) is 0 Å². The van der Waals surface area contributed by atoms with Crippen LogP contribution in [0.5, 0.6) is 5.75 Å². The molecule has 0 aliphatic heterocycles. The molecule has 21 heavy (non-hydrogen) atoms. The Hall–Kier alpha value is -1.60. The molecule has 1 aromatic heterocycles. The lowest BCUT2D eigenvalue weighted by Crippen LogP contribution is -2.17. The first-order valence-corrected chi connectivity index (χ1v) is 7.03. The molecule has 7 heteroatoms. The van der Waals surface area contributed by atoms with Crippen molar-refractivity contribution in [1.29, 1.82) is 0 Å². The highest BCUT2D eigenvalue weighted by Gasteiger charge is 2.31. The van der Waals surface area contributed by atoms with Gasteiger partial charge in [0.2, 0.25) is 0 Å². The van der Waals surface area contributed by atoms with E-state index in [1.807, 2.05) is 13.8 Å². The summed E-state index contributed by atoms with van der Waals surface area (Å²) in [7, 11) is 0. The largest absolute Gasteiger partial charge is 0.573 e. The number of aliphatic hydroxyl groups excluding tert-OH is 1. The molecular formula is C14H14F3NO2S. The third-order valence-corrected chi connectivity index (χ3v) is 4.01. The highest BCUT2D eigenvalue weighted by molar-refractivity contribution is 7.11. The van der Waals surface area contributed by atoms with Crippen LogP contribution in [0.2, 0.25) is 0 Å². The van der Waals surface area contributed by atoms with Crippen LogP contribution in [0.1, 0.15) is 27.2 Å². The number of aryl methyl sites for hydroxylation is 2. The third-order valence-electron chi connectivity index (χ3n) is 2.92. The smallest absolute Gasteiger partial charge is 0.406 e. The number of benzene rings is 1. The molecule has 0 aliphatic carbocycles. The summed E-state index contributed by atoms with van der Waals surface area (Å²) in [6.07, 6.45) is -5.41. The van der Waals surface area contributed by atoms with Gasteiger partial charge in [0, 0.05) is 11.3 Å². The minimum absolute atomic E-state index is 0.259. The fourth-order valence-electron chi connectivity index (χ4n) is 1.83. The Bertz CT molecular complexity index is 605. The van der Waals surface area contributed by atoms with E-state index < -0.39 is 12.5 Å². The maximum absolute atomic E-state index is 12.2. The first-order chi connectivity index (χ1) is 9.74. The second-order valence-corrected chi connectivity index (χ2v) is 5.88. The van der Waals surface area contributed by atoms with Gasteiger partial charge in [-0.25, -0.2) is 4.98 Å². The molecule has 0 saturated heterocycles. The predicted molar refractivity (Wildman–Crippen MR) is 73.4 cm³/mol. The number of halogens is 3. The molecule has 0 aliphatic rings. The standard InChI is InChI=1S/C14H14F3NO2S/c1-8-9(2)21-13(18-8)7-12(19)10-4-3-5-11(6-10)20-14(15,16)17/h3-6,12,19H,7H2,1-2H3. The van der Waals surface area contributed by atoms with Crippen LogP contribution in [0.4, 0.5) is 13.2 Å². The zero-order valence-electron chi connectivity index (χ0n) is 11.4. The Morgan fingerprint density at radius 3 is 2.62 bits per heavy atom. The first kappa shape index (κ1) is 15.8. The number of hydrogen-bond acceptors (Lipinski definition) is 4. The summed E-state index contributed by atoms with van der Waals surface area (Å²) in [5.74, 6) is -0.342. The lowest BCUT2D eigenvalue weighted by Gasteiger charge is -2.13. The molecule has 1 unspecified atom stereocenters. The van der Waals surface area contributed by atoms with Gasteiger partial charge in [0.05, 0.1) is 16.8 Å². The zero-order chi connectivity index (χ0) is 15.6. The van der Waals surface area contributed by atoms with Crippen LogP contribution in [0.15, 0.2) is 24.3 Å². The van der Waals surface area contributed by atoms with E-state index in [1.54, 1.807) is 6.07 Å². The second kappa shape index (κ2) is 6.03. The van der Waals surface area contributed by atoms with Crippen LogP contribution in [0.3, 0.4) is 0 Å². The molecular weight excluding hydrogens is 303 g/mol. The van der Waals surface area contributed by atoms with Gasteiger partial charge in [-0.05, 0) is 31.5 Å². The SMILES string of the molecule is Cc1nc(CC(O)c2cccc(OC(F)(F)F)c2)sc1C. The van der Waals surface area contributed by atoms with Crippen molar-refractivity contribution < 1.29 is 23.0 Å². The molecule has 3 nitrogen and oxygen atoms in total. The normalized spacial score (nSPS) is 13.2. The second-order valence-electron chi connectivity index (χ2n) is 4.59. The number of alkyl halides is 3. The van der Waals surface area contributed by atoms with Crippen LogP contribution >= 0.6 is 11.3 Å². The molecule has 1 aromatic carbocycles. The van der Waals surface area contributed by atoms with Gasteiger partial charge in [-0.1, -0.05) is 12.1 Å². The Labute approximate surface area is 124 Å². The Morgan fingerprint density at radius 1 is 1.33 bits per heavy atom. The number of aliphatic hydroxyl groups is 1. The molecule has 1 heterocycles. The number of rotatable bonds is 4. The molecule has 0 bridgehead atoms. The Kier molecular flexibility index (Phi) is 4.53. The zero-order valence-corrected chi connectivity index (χ0v) is 12.3. The molecule has 2 aromatic rings. The van der Waals surface area contributed by atoms with Gasteiger partial charge in [0.1, 0.15) is 5.75 Å². The number of nitrogens with zero attached hydrogens (tertiary/aromatic N) is 1. The van der Waals surface area contributed by atoms with E-state index in [1.165, 1.54) is 29.5 Å². The topological polar surface area (TPSA) is 42.4 Å². The molecule has 0 fully saturated rings. The van der Waals surface area contributed by atoms with E-state index in [-0.39, 0.29) is 12.2 Å². The molecule has 1 atom stereocenters. The predicted octanol–water partition coefficient (Wildman–Crippen LogP) is 3.93. The Balaban J connectivity index is 2.12. The lowest BCUT2D eigenvalue weighted by atomic mass is 10.1. The Morgan fingerprint density at radius 2 is 2.05 bits per heavy atom. The van der Waals surface area contributed by atoms with E-state index in [0.717, 1.165) is 15.6 Å². The number of aromatic nitrogens is 1. The molecule has 0 radical (unpaired) electrons. The monoisotopic (exact) mass is 317 g/mol. The van der Waals surface area contributed by atoms with Gasteiger partial charge in [-0.2, -0.15) is 0 Å². The van der Waals surface area contributed by atoms with Gasteiger partial charge in [0.15, 0.2) is 0 Å². The maximum Gasteiger partial charge on any atom is 0.573 e. The van der Waals surface area contributed by atoms with Gasteiger partial charge in [-0.3, -0.25) is 0 Å². The maximum atomic E-state index is 12.2. The van der Waals surface area contributed by atoms with E-state index in [4.69, 9.17) is 0 Å². The number of thiazole rings is 1. The summed E-state index contributed by atoms with van der Waals surface area (Å²) >= 11 is 1.47. The number of hydrogen-bond donors (Lipinski definition) is 1. The average Bonchev–Trinajstić information content (AvgIpc) is 2.66. The third kappa shape index (κ3) is 4.44. The quantitative estimate of drug-likeness (QED) is 0.929. The van der Waals surface area contributed by atoms with Crippen LogP contribution in [0, 0.1) is 13.8 Å². The van der Waals surface area contributed by atoms with Crippen molar-refractivity contribution >= 4 is 11.3 Å². The van der Waals surface area contributed by atoms with Crippen molar-refractivity contribution in [2.24, 2.45) is 0 Å². The molecule has 0 amide bonds. The van der Waals surface area contributed by atoms with Gasteiger partial charge in [0.25, 0.3) is 0 Å². The van der Waals surface area contributed by atoms with E-state index >= 15 is 0 Å². The highest BCUT2D eigenvalue weighted by Crippen LogP contribution is 2.28. The van der Waals surface area contributed by atoms with Crippen molar-refractivity contribution in [3.05, 3.63) is 45.4 Å². The minimum Gasteiger partial charge on any atom is -0.406 e. The first-order valence-electron chi connectivity index (χ1n) is 6.21. The van der Waals surface area contributed by atoms with Gasteiger partial charge < -0.3 is 9.84 Å². The van der Waals surface area contributed by atoms with Crippen molar-refractivity contribution in [3.63, 3.8) is 0 Å². The van der Waals surface area contributed by atoms with E-state index in [2.05, 4.69) is 9.72 Å². The fraction of sp³-hybridized carbons (Fsp3) is 0.357. The summed E-state index contributed by atoms with van der Waals surface area (Å²) in [5.41, 5.74) is 1.26. The minimum atomic E-state index is -4.74. The van der Waals surface area contributed by atoms with Crippen molar-refractivity contribution in [2.75, 3.05) is 0 Å². The van der Waals surface area contributed by atoms with E-state index in [0.29, 0.717) is 5.56 Å². The summed E-state index contributed by atoms with van der Waals surface area (Å²) in [6.45, 7) is 3.81. The summed E-state index contributed by atoms with van der Waals surface area (Å²) in [5, 5.41) is 10.9. The average molecular weight is 317 g/mol. The molecule has 114 valence electrons. The highest BCUT2D eigenvalue weighted by atomic mass is 32.1. The van der Waals surface area contributed by atoms with Crippen molar-refractivity contribution in [1.82, 2.24) is 4.98 Å². The summed E-state index contributed by atoms with van der Waals surface area (Å²) < 4.78 is 40.4. The summed E-state index contributed by atoms with van der Waals surface area (Å²) in [4.78, 5) is 5.37. The van der Waals surface area contributed by atoms with Crippen LogP contribution in [-0.4, -0.2) is 16.5 Å². The van der Waals surface area contributed by atoms with Gasteiger partial charge in [-0.15, -0.1) is 24.5 Å². The van der Waals surface area contributed by atoms with Crippen molar-refractivity contribution in [2.45, 2.75) is 32.7 Å². The van der Waals surface area contributed by atoms with Gasteiger partial charge >= 0.3 is 6.36 Å². The summed E-state index contributed by atoms with van der Waals surface area (Å²) in [6, 6.07) is 5.35.